The molecule has 2 N–H and O–H groups in total. The summed E-state index contributed by atoms with van der Waals surface area (Å²) in [4.78, 5) is 23.1. The third-order valence-corrected chi connectivity index (χ3v) is 3.07. The number of carboxylic acid groups (broad SMARTS) is 1. The van der Waals surface area contributed by atoms with Crippen LogP contribution in [-0.4, -0.2) is 23.0 Å². The minimum Gasteiger partial charge on any atom is -0.480 e. The second kappa shape index (κ2) is 7.92. The Hall–Kier alpha value is -1.52. The van der Waals surface area contributed by atoms with Gasteiger partial charge in [-0.15, -0.1) is 6.58 Å². The van der Waals surface area contributed by atoms with E-state index in [4.69, 9.17) is 28.3 Å². The van der Waals surface area contributed by atoms with E-state index in [-0.39, 0.29) is 5.56 Å². The van der Waals surface area contributed by atoms with Gasteiger partial charge in [0.25, 0.3) is 5.91 Å². The normalized spacial score (nSPS) is 11.7. The van der Waals surface area contributed by atoms with Gasteiger partial charge in [0.15, 0.2) is 0 Å². The Morgan fingerprint density at radius 2 is 1.90 bits per heavy atom. The molecule has 6 heteroatoms. The fourth-order valence-electron chi connectivity index (χ4n) is 1.65. The summed E-state index contributed by atoms with van der Waals surface area (Å²) in [6.45, 7) is 3.57. The predicted molar refractivity (Wildman–Crippen MR) is 79.4 cm³/mol. The van der Waals surface area contributed by atoms with Crippen LogP contribution >= 0.6 is 23.2 Å². The number of unbranched alkanes of at least 4 members (excludes halogenated alkanes) is 1. The molecular formula is C14H15Cl2NO3. The molecule has 0 heterocycles. The van der Waals surface area contributed by atoms with E-state index in [0.29, 0.717) is 29.3 Å². The van der Waals surface area contributed by atoms with Crippen LogP contribution in [0.2, 0.25) is 10.0 Å². The molecule has 0 fully saturated rings. The van der Waals surface area contributed by atoms with Crippen LogP contribution in [0.4, 0.5) is 0 Å². The minimum atomic E-state index is -1.07. The van der Waals surface area contributed by atoms with Crippen LogP contribution in [0.25, 0.3) is 0 Å². The highest BCUT2D eigenvalue weighted by Crippen LogP contribution is 2.19. The number of amides is 1. The number of hydrogen-bond donors (Lipinski definition) is 2. The molecule has 0 bridgehead atoms. The Labute approximate surface area is 127 Å². The summed E-state index contributed by atoms with van der Waals surface area (Å²) in [5.41, 5.74) is 0.234. The van der Waals surface area contributed by atoms with Crippen LogP contribution in [0.3, 0.4) is 0 Å². The molecule has 1 rings (SSSR count). The van der Waals surface area contributed by atoms with Gasteiger partial charge in [-0.25, -0.2) is 4.79 Å². The van der Waals surface area contributed by atoms with E-state index in [1.54, 1.807) is 6.08 Å². The lowest BCUT2D eigenvalue weighted by Gasteiger charge is -2.14. The van der Waals surface area contributed by atoms with Crippen LogP contribution in [-0.2, 0) is 4.79 Å². The lowest BCUT2D eigenvalue weighted by molar-refractivity contribution is -0.139. The van der Waals surface area contributed by atoms with E-state index in [0.717, 1.165) is 0 Å². The zero-order valence-electron chi connectivity index (χ0n) is 10.7. The molecule has 0 saturated heterocycles. The summed E-state index contributed by atoms with van der Waals surface area (Å²) in [6, 6.07) is 3.43. The van der Waals surface area contributed by atoms with Crippen LogP contribution in [0, 0.1) is 0 Å². The summed E-state index contributed by atoms with van der Waals surface area (Å²) in [5.74, 6) is -1.59. The lowest BCUT2D eigenvalue weighted by Crippen LogP contribution is -2.40. The van der Waals surface area contributed by atoms with Crippen molar-refractivity contribution in [1.29, 1.82) is 0 Å². The molecule has 20 heavy (non-hydrogen) atoms. The fraction of sp³-hybridized carbons (Fsp3) is 0.286. The van der Waals surface area contributed by atoms with Crippen molar-refractivity contribution >= 4 is 35.1 Å². The predicted octanol–water partition coefficient (Wildman–Crippen LogP) is 3.53. The number of allylic oxidation sites excluding steroid dienone is 1. The summed E-state index contributed by atoms with van der Waals surface area (Å²) in [7, 11) is 0. The summed E-state index contributed by atoms with van der Waals surface area (Å²) in [6.07, 6.45) is 3.37. The Balaban J connectivity index is 2.74. The standard InChI is InChI=1S/C14H15Cl2NO3/c1-2-3-4-5-12(14(19)20)17-13(18)9-6-10(15)8-11(16)7-9/h2,6-8,12H,1,3-5H2,(H,17,18)(H,19,20)/t12-/m0/s1. The molecule has 1 atom stereocenters. The number of carbonyl (C=O) groups excluding carboxylic acids is 1. The van der Waals surface area contributed by atoms with Gasteiger partial charge in [0, 0.05) is 15.6 Å². The molecule has 0 unspecified atom stereocenters. The van der Waals surface area contributed by atoms with Crippen molar-refractivity contribution in [2.75, 3.05) is 0 Å². The number of rotatable bonds is 7. The topological polar surface area (TPSA) is 66.4 Å². The van der Waals surface area contributed by atoms with Crippen LogP contribution in [0.1, 0.15) is 29.6 Å². The molecule has 0 spiro atoms. The third-order valence-electron chi connectivity index (χ3n) is 2.63. The van der Waals surface area contributed by atoms with Gasteiger partial charge in [0.1, 0.15) is 6.04 Å². The maximum absolute atomic E-state index is 12.0. The van der Waals surface area contributed by atoms with Crippen molar-refractivity contribution in [3.8, 4) is 0 Å². The number of benzene rings is 1. The van der Waals surface area contributed by atoms with Crippen LogP contribution in [0.5, 0.6) is 0 Å². The van der Waals surface area contributed by atoms with Crippen molar-refractivity contribution in [1.82, 2.24) is 5.32 Å². The molecule has 0 radical (unpaired) electrons. The molecule has 1 amide bonds. The number of carbonyl (C=O) groups is 2. The number of halogens is 2. The molecule has 0 aliphatic rings. The zero-order valence-corrected chi connectivity index (χ0v) is 12.2. The first-order valence-electron chi connectivity index (χ1n) is 6.04. The van der Waals surface area contributed by atoms with E-state index in [1.807, 2.05) is 0 Å². The van der Waals surface area contributed by atoms with E-state index in [2.05, 4.69) is 11.9 Å². The van der Waals surface area contributed by atoms with E-state index in [9.17, 15) is 9.59 Å². The Morgan fingerprint density at radius 1 is 1.30 bits per heavy atom. The van der Waals surface area contributed by atoms with Gasteiger partial charge in [-0.1, -0.05) is 29.3 Å². The highest BCUT2D eigenvalue weighted by molar-refractivity contribution is 6.35. The zero-order chi connectivity index (χ0) is 15.1. The Bertz CT molecular complexity index is 497. The summed E-state index contributed by atoms with van der Waals surface area (Å²) in [5, 5.41) is 12.2. The van der Waals surface area contributed by atoms with Crippen molar-refractivity contribution in [3.05, 3.63) is 46.5 Å². The van der Waals surface area contributed by atoms with E-state index < -0.39 is 17.9 Å². The summed E-state index contributed by atoms with van der Waals surface area (Å²) >= 11 is 11.6. The Morgan fingerprint density at radius 3 is 2.40 bits per heavy atom. The van der Waals surface area contributed by atoms with Crippen molar-refractivity contribution < 1.29 is 14.7 Å². The first-order chi connectivity index (χ1) is 9.43. The highest BCUT2D eigenvalue weighted by atomic mass is 35.5. The van der Waals surface area contributed by atoms with Gasteiger partial charge < -0.3 is 10.4 Å². The highest BCUT2D eigenvalue weighted by Gasteiger charge is 2.20. The lowest BCUT2D eigenvalue weighted by atomic mass is 10.1. The average molecular weight is 316 g/mol. The minimum absolute atomic E-state index is 0.234. The molecule has 0 saturated carbocycles. The SMILES string of the molecule is C=CCCC[C@H](NC(=O)c1cc(Cl)cc(Cl)c1)C(=O)O. The van der Waals surface area contributed by atoms with Crippen LogP contribution < -0.4 is 5.32 Å². The maximum atomic E-state index is 12.0. The number of carboxylic acids is 1. The molecule has 0 aromatic heterocycles. The van der Waals surface area contributed by atoms with Crippen LogP contribution in [0.15, 0.2) is 30.9 Å². The van der Waals surface area contributed by atoms with Gasteiger partial charge in [-0.05, 0) is 37.5 Å². The second-order valence-corrected chi connectivity index (χ2v) is 5.11. The fourth-order valence-corrected chi connectivity index (χ4v) is 2.18. The number of nitrogens with one attached hydrogen (secondary N) is 1. The van der Waals surface area contributed by atoms with Gasteiger partial charge in [-0.2, -0.15) is 0 Å². The van der Waals surface area contributed by atoms with Gasteiger partial charge >= 0.3 is 5.97 Å². The maximum Gasteiger partial charge on any atom is 0.326 e. The second-order valence-electron chi connectivity index (χ2n) is 4.24. The quantitative estimate of drug-likeness (QED) is 0.597. The van der Waals surface area contributed by atoms with E-state index >= 15 is 0 Å². The first kappa shape index (κ1) is 16.5. The van der Waals surface area contributed by atoms with E-state index in [1.165, 1.54) is 18.2 Å². The summed E-state index contributed by atoms with van der Waals surface area (Å²) < 4.78 is 0. The number of hydrogen-bond acceptors (Lipinski definition) is 2. The third kappa shape index (κ3) is 5.23. The van der Waals surface area contributed by atoms with Gasteiger partial charge in [-0.3, -0.25) is 4.79 Å². The molecule has 0 aliphatic heterocycles. The van der Waals surface area contributed by atoms with Crippen molar-refractivity contribution in [2.45, 2.75) is 25.3 Å². The monoisotopic (exact) mass is 315 g/mol. The molecule has 1 aromatic carbocycles. The molecule has 1 aromatic rings. The molecule has 108 valence electrons. The molecule has 0 aliphatic carbocycles. The van der Waals surface area contributed by atoms with Crippen molar-refractivity contribution in [2.24, 2.45) is 0 Å². The van der Waals surface area contributed by atoms with Gasteiger partial charge in [0.2, 0.25) is 0 Å². The van der Waals surface area contributed by atoms with Crippen molar-refractivity contribution in [3.63, 3.8) is 0 Å². The molecular weight excluding hydrogens is 301 g/mol. The smallest absolute Gasteiger partial charge is 0.326 e. The largest absolute Gasteiger partial charge is 0.480 e. The Kier molecular flexibility index (Phi) is 6.55. The van der Waals surface area contributed by atoms with Gasteiger partial charge in [0.05, 0.1) is 0 Å². The molecule has 4 nitrogen and oxygen atoms in total. The average Bonchev–Trinajstić information content (AvgIpc) is 2.36. The first-order valence-corrected chi connectivity index (χ1v) is 6.80. The number of aliphatic carboxylic acids is 1.